The fourth-order valence-corrected chi connectivity index (χ4v) is 1.97. The minimum atomic E-state index is 1.04. The molecule has 0 bridgehead atoms. The Morgan fingerprint density at radius 3 is 1.18 bits per heavy atom. The molecule has 0 N–H and O–H groups in total. The van der Waals surface area contributed by atoms with Crippen LogP contribution in [0.4, 0.5) is 0 Å². The van der Waals surface area contributed by atoms with E-state index in [2.05, 4.69) is 46.6 Å². The summed E-state index contributed by atoms with van der Waals surface area (Å²) in [7, 11) is 0. The lowest BCUT2D eigenvalue weighted by Crippen LogP contribution is -1.82. The predicted molar refractivity (Wildman–Crippen MR) is 97.5 cm³/mol. The van der Waals surface area contributed by atoms with Crippen LogP contribution < -0.4 is 0 Å². The van der Waals surface area contributed by atoms with Crippen LogP contribution in [0.3, 0.4) is 0 Å². The van der Waals surface area contributed by atoms with Gasteiger partial charge < -0.3 is 0 Å². The quantitative estimate of drug-likeness (QED) is 0.533. The standard InChI is InChI=1S/C20H20N2/c1-3-5-17-7-11-19(12-8-17)15-21-22-16-20-13-9-18(6-4-2)10-14-20/h3-16H,1-2H3/b5-3+,6-4+,21-15?,22-16?. The minimum absolute atomic E-state index is 1.04. The fourth-order valence-electron chi connectivity index (χ4n) is 1.97. The van der Waals surface area contributed by atoms with Crippen LogP contribution in [0.25, 0.3) is 12.2 Å². The number of nitrogens with zero attached hydrogens (tertiary/aromatic N) is 2. The molecule has 0 amide bonds. The topological polar surface area (TPSA) is 24.7 Å². The summed E-state index contributed by atoms with van der Waals surface area (Å²) in [5, 5.41) is 8.17. The monoisotopic (exact) mass is 288 g/mol. The van der Waals surface area contributed by atoms with Gasteiger partial charge in [0.2, 0.25) is 0 Å². The van der Waals surface area contributed by atoms with E-state index in [1.807, 2.05) is 50.3 Å². The largest absolute Gasteiger partial charge is 0.159 e. The molecule has 2 aromatic rings. The Labute approximate surface area is 132 Å². The molecule has 0 aliphatic heterocycles. The van der Waals surface area contributed by atoms with Crippen LogP contribution in [0.1, 0.15) is 36.1 Å². The minimum Gasteiger partial charge on any atom is -0.159 e. The summed E-state index contributed by atoms with van der Waals surface area (Å²) in [6.45, 7) is 4.02. The van der Waals surface area contributed by atoms with Crippen molar-refractivity contribution in [2.24, 2.45) is 10.2 Å². The number of hydrogen-bond donors (Lipinski definition) is 0. The van der Waals surface area contributed by atoms with E-state index in [1.165, 1.54) is 11.1 Å². The maximum Gasteiger partial charge on any atom is 0.0568 e. The van der Waals surface area contributed by atoms with Crippen molar-refractivity contribution in [3.05, 3.63) is 82.9 Å². The lowest BCUT2D eigenvalue weighted by molar-refractivity contribution is 1.26. The van der Waals surface area contributed by atoms with Gasteiger partial charge in [0.15, 0.2) is 0 Å². The Bertz CT molecular complexity index is 624. The second-order valence-corrected chi connectivity index (χ2v) is 4.82. The molecule has 110 valence electrons. The van der Waals surface area contributed by atoms with E-state index in [9.17, 15) is 0 Å². The van der Waals surface area contributed by atoms with Gasteiger partial charge in [-0.3, -0.25) is 0 Å². The molecule has 2 rings (SSSR count). The maximum absolute atomic E-state index is 4.08. The number of allylic oxidation sites excluding steroid dienone is 2. The third-order valence-corrected chi connectivity index (χ3v) is 3.07. The molecule has 0 atom stereocenters. The molecule has 0 saturated heterocycles. The molecule has 22 heavy (non-hydrogen) atoms. The van der Waals surface area contributed by atoms with Crippen molar-refractivity contribution in [1.82, 2.24) is 0 Å². The highest BCUT2D eigenvalue weighted by Gasteiger charge is 1.89. The number of rotatable bonds is 5. The second kappa shape index (κ2) is 8.53. The van der Waals surface area contributed by atoms with Gasteiger partial charge in [0.1, 0.15) is 0 Å². The molecular weight excluding hydrogens is 268 g/mol. The van der Waals surface area contributed by atoms with Crippen molar-refractivity contribution >= 4 is 24.6 Å². The van der Waals surface area contributed by atoms with Crippen molar-refractivity contribution < 1.29 is 0 Å². The normalized spacial score (nSPS) is 12.3. The molecule has 2 nitrogen and oxygen atoms in total. The maximum atomic E-state index is 4.08. The molecule has 0 radical (unpaired) electrons. The van der Waals surface area contributed by atoms with Crippen molar-refractivity contribution in [3.63, 3.8) is 0 Å². The molecule has 2 heteroatoms. The highest BCUT2D eigenvalue weighted by molar-refractivity contribution is 5.83. The van der Waals surface area contributed by atoms with E-state index in [-0.39, 0.29) is 0 Å². The molecule has 0 saturated carbocycles. The summed E-state index contributed by atoms with van der Waals surface area (Å²) in [6.07, 6.45) is 11.7. The summed E-state index contributed by atoms with van der Waals surface area (Å²) in [4.78, 5) is 0. The van der Waals surface area contributed by atoms with E-state index in [4.69, 9.17) is 0 Å². The van der Waals surface area contributed by atoms with Gasteiger partial charge in [-0.05, 0) is 36.1 Å². The van der Waals surface area contributed by atoms with E-state index in [1.54, 1.807) is 12.4 Å². The molecule has 0 aliphatic carbocycles. The SMILES string of the molecule is C/C=C/c1ccc(C=NN=Cc2ccc(/C=C/C)cc2)cc1. The van der Waals surface area contributed by atoms with Crippen molar-refractivity contribution in [3.8, 4) is 0 Å². The zero-order chi connectivity index (χ0) is 15.6. The Morgan fingerprint density at radius 2 is 0.864 bits per heavy atom. The van der Waals surface area contributed by atoms with Crippen LogP contribution in [0.5, 0.6) is 0 Å². The Balaban J connectivity index is 1.96. The first kappa shape index (κ1) is 15.6. The second-order valence-electron chi connectivity index (χ2n) is 4.82. The Kier molecular flexibility index (Phi) is 6.06. The summed E-state index contributed by atoms with van der Waals surface area (Å²) in [5.74, 6) is 0. The number of benzene rings is 2. The van der Waals surface area contributed by atoms with Crippen molar-refractivity contribution in [1.29, 1.82) is 0 Å². The van der Waals surface area contributed by atoms with Crippen LogP contribution >= 0.6 is 0 Å². The van der Waals surface area contributed by atoms with Crippen LogP contribution in [0.2, 0.25) is 0 Å². The molecule has 0 fully saturated rings. The van der Waals surface area contributed by atoms with Gasteiger partial charge in [-0.15, -0.1) is 0 Å². The lowest BCUT2D eigenvalue weighted by atomic mass is 10.1. The lowest BCUT2D eigenvalue weighted by Gasteiger charge is -1.95. The molecular formula is C20H20N2. The van der Waals surface area contributed by atoms with Crippen LogP contribution in [-0.2, 0) is 0 Å². The highest BCUT2D eigenvalue weighted by atomic mass is 15.2. The first-order chi connectivity index (χ1) is 10.8. The van der Waals surface area contributed by atoms with E-state index >= 15 is 0 Å². The van der Waals surface area contributed by atoms with Gasteiger partial charge in [-0.2, -0.15) is 10.2 Å². The molecule has 0 aromatic heterocycles. The zero-order valence-electron chi connectivity index (χ0n) is 13.0. The van der Waals surface area contributed by atoms with Gasteiger partial charge in [0.05, 0.1) is 12.4 Å². The smallest absolute Gasteiger partial charge is 0.0568 e. The third-order valence-electron chi connectivity index (χ3n) is 3.07. The molecule has 0 heterocycles. The summed E-state index contributed by atoms with van der Waals surface area (Å²) < 4.78 is 0. The summed E-state index contributed by atoms with van der Waals surface area (Å²) in [5.41, 5.74) is 4.44. The van der Waals surface area contributed by atoms with Gasteiger partial charge in [0.25, 0.3) is 0 Å². The zero-order valence-corrected chi connectivity index (χ0v) is 13.0. The van der Waals surface area contributed by atoms with Gasteiger partial charge in [-0.1, -0.05) is 72.8 Å². The predicted octanol–water partition coefficient (Wildman–Crippen LogP) is 5.21. The average Bonchev–Trinajstić information content (AvgIpc) is 2.55. The van der Waals surface area contributed by atoms with E-state index in [0.29, 0.717) is 0 Å². The summed E-state index contributed by atoms with van der Waals surface area (Å²) in [6, 6.07) is 16.4. The molecule has 0 aliphatic rings. The molecule has 0 spiro atoms. The van der Waals surface area contributed by atoms with Crippen LogP contribution in [0, 0.1) is 0 Å². The van der Waals surface area contributed by atoms with Gasteiger partial charge in [0, 0.05) is 0 Å². The van der Waals surface area contributed by atoms with Gasteiger partial charge in [-0.25, -0.2) is 0 Å². The number of hydrogen-bond acceptors (Lipinski definition) is 2. The van der Waals surface area contributed by atoms with Gasteiger partial charge >= 0.3 is 0 Å². The van der Waals surface area contributed by atoms with Crippen molar-refractivity contribution in [2.75, 3.05) is 0 Å². The van der Waals surface area contributed by atoms with Crippen molar-refractivity contribution in [2.45, 2.75) is 13.8 Å². The first-order valence-corrected chi connectivity index (χ1v) is 7.34. The fraction of sp³-hybridized carbons (Fsp3) is 0.100. The molecule has 0 unspecified atom stereocenters. The highest BCUT2D eigenvalue weighted by Crippen LogP contribution is 2.06. The third kappa shape index (κ3) is 4.98. The molecule has 2 aromatic carbocycles. The van der Waals surface area contributed by atoms with E-state index in [0.717, 1.165) is 11.1 Å². The summed E-state index contributed by atoms with van der Waals surface area (Å²) >= 11 is 0. The first-order valence-electron chi connectivity index (χ1n) is 7.34. The Morgan fingerprint density at radius 1 is 0.545 bits per heavy atom. The van der Waals surface area contributed by atoms with Crippen LogP contribution in [0.15, 0.2) is 70.9 Å². The van der Waals surface area contributed by atoms with Crippen LogP contribution in [-0.4, -0.2) is 12.4 Å². The Hall–Kier alpha value is -2.74. The van der Waals surface area contributed by atoms with E-state index < -0.39 is 0 Å². The average molecular weight is 288 g/mol.